The second kappa shape index (κ2) is 8.02. The van der Waals surface area contributed by atoms with E-state index in [1.165, 1.54) is 24.3 Å². The van der Waals surface area contributed by atoms with Crippen LogP contribution in [0.3, 0.4) is 0 Å². The Morgan fingerprint density at radius 2 is 0.708 bits per heavy atom. The highest BCUT2D eigenvalue weighted by Crippen LogP contribution is 2.40. The first-order chi connectivity index (χ1) is 10.9. The van der Waals surface area contributed by atoms with Crippen LogP contribution in [0, 0.1) is 0 Å². The Balaban J connectivity index is 2.78. The van der Waals surface area contributed by atoms with Crippen LogP contribution in [0.15, 0.2) is 34.1 Å². The van der Waals surface area contributed by atoms with Crippen LogP contribution >= 0.6 is 69.6 Å². The number of hydrogen-bond donors (Lipinski definition) is 0. The molecule has 12 heteroatoms. The summed E-state index contributed by atoms with van der Waals surface area (Å²) in [7, 11) is 0. The van der Waals surface area contributed by atoms with Crippen molar-refractivity contribution in [3.05, 3.63) is 54.4 Å². The first-order valence-corrected chi connectivity index (χ1v) is 15.4. The molecule has 2 aromatic rings. The summed E-state index contributed by atoms with van der Waals surface area (Å²) in [6.07, 6.45) is -5.19. The number of halogens is 6. The van der Waals surface area contributed by atoms with Crippen molar-refractivity contribution in [2.24, 2.45) is 0 Å². The Bertz CT molecular complexity index is 957. The lowest BCUT2D eigenvalue weighted by Crippen LogP contribution is -2.13. The summed E-state index contributed by atoms with van der Waals surface area (Å²) in [5, 5.41) is 1.64. The van der Waals surface area contributed by atoms with Crippen LogP contribution in [-0.4, -0.2) is 0 Å². The van der Waals surface area contributed by atoms with Gasteiger partial charge in [-0.05, 0) is 69.0 Å². The third-order valence-corrected chi connectivity index (χ3v) is 22.8. The van der Waals surface area contributed by atoms with Crippen molar-refractivity contribution < 1.29 is 0 Å². The average Bonchev–Trinajstić information content (AvgIpc) is 2.46. The van der Waals surface area contributed by atoms with E-state index in [0.29, 0.717) is 9.79 Å². The fraction of sp³-hybridized carbons (Fsp3) is 0. The normalized spacial score (nSPS) is 12.4. The Morgan fingerprint density at radius 3 is 1.00 bits per heavy atom. The van der Waals surface area contributed by atoms with Gasteiger partial charge in [0.15, 0.2) is 0 Å². The SMILES string of the molecule is S=S(=S)(c1cc(Cl)c(Cl)cc1Cl)S(=S)(=S)c1cc(Cl)c(Cl)cc1Cl. The van der Waals surface area contributed by atoms with E-state index in [-0.39, 0.29) is 30.1 Å². The van der Waals surface area contributed by atoms with E-state index in [9.17, 15) is 0 Å². The van der Waals surface area contributed by atoms with Gasteiger partial charge in [0.2, 0.25) is 0 Å². The van der Waals surface area contributed by atoms with Crippen LogP contribution in [0.25, 0.3) is 0 Å². The monoisotopic (exact) mass is 550 g/mol. The van der Waals surface area contributed by atoms with E-state index in [2.05, 4.69) is 0 Å². The third kappa shape index (κ3) is 4.10. The average molecular weight is 553 g/mol. The molecule has 0 aliphatic rings. The van der Waals surface area contributed by atoms with E-state index in [4.69, 9.17) is 114 Å². The van der Waals surface area contributed by atoms with E-state index in [0.717, 1.165) is 0 Å². The molecule has 0 aliphatic heterocycles. The second-order valence-electron chi connectivity index (χ2n) is 4.30. The minimum atomic E-state index is -2.60. The molecule has 130 valence electrons. The number of rotatable bonds is 3. The van der Waals surface area contributed by atoms with Gasteiger partial charge in [-0.2, -0.15) is 0 Å². The van der Waals surface area contributed by atoms with Crippen LogP contribution in [0.1, 0.15) is 0 Å². The van der Waals surface area contributed by atoms with Gasteiger partial charge in [0, 0.05) is 22.1 Å². The van der Waals surface area contributed by atoms with Crippen LogP contribution in [-0.2, 0) is 57.1 Å². The molecule has 2 aromatic carbocycles. The quantitative estimate of drug-likeness (QED) is 0.294. The van der Waals surface area contributed by atoms with Gasteiger partial charge in [0.1, 0.15) is 0 Å². The zero-order valence-electron chi connectivity index (χ0n) is 11.0. The second-order valence-corrected chi connectivity index (χ2v) is 22.2. The zero-order chi connectivity index (χ0) is 18.4. The molecule has 2 rings (SSSR count). The first kappa shape index (κ1) is 22.1. The van der Waals surface area contributed by atoms with Crippen molar-refractivity contribution in [3.63, 3.8) is 0 Å². The molecule has 24 heavy (non-hydrogen) atoms. The summed E-state index contributed by atoms with van der Waals surface area (Å²) >= 11 is 59.2. The lowest BCUT2D eigenvalue weighted by atomic mass is 10.4. The summed E-state index contributed by atoms with van der Waals surface area (Å²) in [6, 6.07) is 5.98. The lowest BCUT2D eigenvalue weighted by Gasteiger charge is -2.21. The number of benzene rings is 2. The van der Waals surface area contributed by atoms with Crippen molar-refractivity contribution >= 4 is 127 Å². The molecular weight excluding hydrogens is 549 g/mol. The summed E-state index contributed by atoms with van der Waals surface area (Å²) in [6.45, 7) is 0. The molecule has 0 spiro atoms. The molecule has 0 unspecified atom stereocenters. The van der Waals surface area contributed by atoms with Gasteiger partial charge in [-0.3, -0.25) is 0 Å². The van der Waals surface area contributed by atoms with Gasteiger partial charge >= 0.3 is 0 Å². The Hall–Kier alpha value is 1.76. The molecule has 0 saturated carbocycles. The summed E-state index contributed by atoms with van der Waals surface area (Å²) in [5.74, 6) is 0. The van der Waals surface area contributed by atoms with Gasteiger partial charge in [-0.25, -0.2) is 0 Å². The standard InChI is InChI=1S/C12H4Cl6S6/c13-5-1-9(17)11(3-7(5)15)23(19,20)24(21,22)12-4-8(16)6(14)2-10(12)18/h1-4H. The van der Waals surface area contributed by atoms with Gasteiger partial charge in [0.05, 0.1) is 30.1 Å². The largest absolute Gasteiger partial charge is 0.0830 e. The van der Waals surface area contributed by atoms with Gasteiger partial charge in [0.25, 0.3) is 0 Å². The van der Waals surface area contributed by atoms with Crippen LogP contribution < -0.4 is 0 Å². The Kier molecular flexibility index (Phi) is 7.37. The highest BCUT2D eigenvalue weighted by Gasteiger charge is 2.25. The van der Waals surface area contributed by atoms with Crippen LogP contribution in [0.5, 0.6) is 0 Å². The molecule has 0 radical (unpaired) electrons. The van der Waals surface area contributed by atoms with E-state index in [1.54, 1.807) is 0 Å². The minimum Gasteiger partial charge on any atom is -0.0830 e. The molecule has 0 fully saturated rings. The molecule has 0 bridgehead atoms. The van der Waals surface area contributed by atoms with Gasteiger partial charge < -0.3 is 0 Å². The summed E-state index contributed by atoms with van der Waals surface area (Å²) < 4.78 is 0. The highest BCUT2D eigenvalue weighted by atomic mass is 35.5. The minimum absolute atomic E-state index is 0.267. The molecule has 0 heterocycles. The van der Waals surface area contributed by atoms with Crippen molar-refractivity contribution in [1.82, 2.24) is 0 Å². The first-order valence-electron chi connectivity index (χ1n) is 5.68. The molecule has 0 nitrogen and oxygen atoms in total. The molecule has 0 amide bonds. The Labute approximate surface area is 188 Å². The van der Waals surface area contributed by atoms with E-state index < -0.39 is 12.4 Å². The molecule has 0 aromatic heterocycles. The van der Waals surface area contributed by atoms with Gasteiger partial charge in [-0.15, -0.1) is 0 Å². The molecule has 0 N–H and O–H groups in total. The fourth-order valence-corrected chi connectivity index (χ4v) is 12.5. The summed E-state index contributed by atoms with van der Waals surface area (Å²) in [5.41, 5.74) is 0. The molecule has 0 saturated heterocycles. The van der Waals surface area contributed by atoms with Crippen LogP contribution in [0.2, 0.25) is 30.1 Å². The fourth-order valence-electron chi connectivity index (χ4n) is 1.63. The lowest BCUT2D eigenvalue weighted by molar-refractivity contribution is 1.46. The van der Waals surface area contributed by atoms with Crippen molar-refractivity contribution in [2.75, 3.05) is 0 Å². The maximum atomic E-state index is 6.26. The smallest absolute Gasteiger partial charge is 0.0607 e. The maximum absolute atomic E-state index is 6.26. The third-order valence-electron chi connectivity index (χ3n) is 2.78. The molecular formula is C12H4Cl6S6. The van der Waals surface area contributed by atoms with Crippen molar-refractivity contribution in [1.29, 1.82) is 0 Å². The predicted molar refractivity (Wildman–Crippen MR) is 124 cm³/mol. The maximum Gasteiger partial charge on any atom is 0.0607 e. The van der Waals surface area contributed by atoms with Crippen LogP contribution in [0.4, 0.5) is 0 Å². The number of hydrogen-bond acceptors (Lipinski definition) is 4. The topological polar surface area (TPSA) is 0 Å². The Morgan fingerprint density at radius 1 is 0.458 bits per heavy atom. The summed E-state index contributed by atoms with van der Waals surface area (Å²) in [4.78, 5) is 0.844. The van der Waals surface area contributed by atoms with Gasteiger partial charge in [-0.1, -0.05) is 69.6 Å². The zero-order valence-corrected chi connectivity index (χ0v) is 20.5. The molecule has 0 atom stereocenters. The van der Waals surface area contributed by atoms with E-state index in [1.807, 2.05) is 0 Å². The predicted octanol–water partition coefficient (Wildman–Crippen LogP) is 7.10. The van der Waals surface area contributed by atoms with E-state index >= 15 is 0 Å². The van der Waals surface area contributed by atoms with Crippen molar-refractivity contribution in [3.8, 4) is 0 Å². The van der Waals surface area contributed by atoms with Crippen molar-refractivity contribution in [2.45, 2.75) is 9.79 Å². The molecule has 0 aliphatic carbocycles. The highest BCUT2D eigenvalue weighted by molar-refractivity contribution is 9.11.